The predicted octanol–water partition coefficient (Wildman–Crippen LogP) is 5.12. The maximum atomic E-state index is 13.1. The Hall–Kier alpha value is -1.89. The van der Waals surface area contributed by atoms with Crippen LogP contribution in [0.1, 0.15) is 50.7 Å². The first-order valence-electron chi connectivity index (χ1n) is 7.98. The van der Waals surface area contributed by atoms with E-state index in [0.717, 1.165) is 19.3 Å². The van der Waals surface area contributed by atoms with Crippen molar-refractivity contribution in [1.29, 1.82) is 0 Å². The molecule has 1 aliphatic rings. The van der Waals surface area contributed by atoms with Gasteiger partial charge in [-0.05, 0) is 35.1 Å². The first-order valence-corrected chi connectivity index (χ1v) is 7.98. The second-order valence-electron chi connectivity index (χ2n) is 5.92. The van der Waals surface area contributed by atoms with E-state index in [9.17, 15) is 4.79 Å². The standard InChI is InChI=1S/C20H22O/c1-3-9-19(21)20(14-4-2)17-12-7-5-10-15(17)16-11-6-8-13-18(16)20/h5-8,10-13H,3-4,9,14H2,1-2H3. The summed E-state index contributed by atoms with van der Waals surface area (Å²) >= 11 is 0. The van der Waals surface area contributed by atoms with Crippen LogP contribution in [0.4, 0.5) is 0 Å². The molecule has 2 aromatic rings. The lowest BCUT2D eigenvalue weighted by Crippen LogP contribution is -2.35. The number of carbonyl (C=O) groups excluding carboxylic acids is 1. The lowest BCUT2D eigenvalue weighted by molar-refractivity contribution is -0.123. The summed E-state index contributed by atoms with van der Waals surface area (Å²) in [6.45, 7) is 4.26. The molecule has 108 valence electrons. The summed E-state index contributed by atoms with van der Waals surface area (Å²) in [4.78, 5) is 13.1. The van der Waals surface area contributed by atoms with Gasteiger partial charge in [0, 0.05) is 6.42 Å². The van der Waals surface area contributed by atoms with Gasteiger partial charge in [0.25, 0.3) is 0 Å². The van der Waals surface area contributed by atoms with Crippen molar-refractivity contribution >= 4 is 5.78 Å². The zero-order chi connectivity index (χ0) is 14.9. The van der Waals surface area contributed by atoms with Crippen molar-refractivity contribution in [2.45, 2.75) is 44.9 Å². The van der Waals surface area contributed by atoms with Crippen LogP contribution in [0.2, 0.25) is 0 Å². The molecule has 0 fully saturated rings. The smallest absolute Gasteiger partial charge is 0.147 e. The number of hydrogen-bond donors (Lipinski definition) is 0. The SMILES string of the molecule is CCCC(=O)C1(CCC)c2ccccc2-c2ccccc21. The summed E-state index contributed by atoms with van der Waals surface area (Å²) in [5.74, 6) is 0.379. The van der Waals surface area contributed by atoms with E-state index in [4.69, 9.17) is 0 Å². The van der Waals surface area contributed by atoms with Gasteiger partial charge in [-0.15, -0.1) is 0 Å². The Bertz CT molecular complexity index is 624. The minimum atomic E-state index is -0.419. The molecule has 0 heterocycles. The van der Waals surface area contributed by atoms with Crippen molar-refractivity contribution in [3.63, 3.8) is 0 Å². The molecule has 1 aliphatic carbocycles. The van der Waals surface area contributed by atoms with Gasteiger partial charge in [0.05, 0.1) is 5.41 Å². The van der Waals surface area contributed by atoms with Gasteiger partial charge < -0.3 is 0 Å². The van der Waals surface area contributed by atoms with Gasteiger partial charge in [-0.1, -0.05) is 68.8 Å². The highest BCUT2D eigenvalue weighted by molar-refractivity contribution is 6.01. The predicted molar refractivity (Wildman–Crippen MR) is 87.5 cm³/mol. The number of ketones is 1. The maximum absolute atomic E-state index is 13.1. The summed E-state index contributed by atoms with van der Waals surface area (Å²) < 4.78 is 0. The third-order valence-corrected chi connectivity index (χ3v) is 4.64. The first-order chi connectivity index (χ1) is 10.3. The van der Waals surface area contributed by atoms with Gasteiger partial charge in [-0.25, -0.2) is 0 Å². The van der Waals surface area contributed by atoms with Crippen LogP contribution in [0.15, 0.2) is 48.5 Å². The number of hydrogen-bond acceptors (Lipinski definition) is 1. The van der Waals surface area contributed by atoms with Crippen LogP contribution < -0.4 is 0 Å². The van der Waals surface area contributed by atoms with Crippen molar-refractivity contribution < 1.29 is 4.79 Å². The number of benzene rings is 2. The van der Waals surface area contributed by atoms with Gasteiger partial charge in [-0.3, -0.25) is 4.79 Å². The molecule has 0 saturated carbocycles. The molecule has 0 radical (unpaired) electrons. The fourth-order valence-electron chi connectivity index (χ4n) is 3.85. The molecule has 0 amide bonds. The minimum absolute atomic E-state index is 0.379. The topological polar surface area (TPSA) is 17.1 Å². The zero-order valence-corrected chi connectivity index (χ0v) is 12.9. The Morgan fingerprint density at radius 1 is 0.857 bits per heavy atom. The average Bonchev–Trinajstić information content (AvgIpc) is 2.80. The molecular weight excluding hydrogens is 256 g/mol. The molecule has 3 rings (SSSR count). The number of rotatable bonds is 5. The number of carbonyl (C=O) groups is 1. The lowest BCUT2D eigenvalue weighted by atomic mass is 9.70. The third-order valence-electron chi connectivity index (χ3n) is 4.64. The highest BCUT2D eigenvalue weighted by Gasteiger charge is 2.46. The van der Waals surface area contributed by atoms with Crippen LogP contribution in [-0.4, -0.2) is 5.78 Å². The molecule has 0 spiro atoms. The molecule has 0 atom stereocenters. The van der Waals surface area contributed by atoms with Gasteiger partial charge >= 0.3 is 0 Å². The summed E-state index contributed by atoms with van der Waals surface area (Å²) in [6, 6.07) is 16.9. The van der Waals surface area contributed by atoms with Crippen molar-refractivity contribution in [3.05, 3.63) is 59.7 Å². The van der Waals surface area contributed by atoms with E-state index < -0.39 is 5.41 Å². The number of Topliss-reactive ketones (excluding diaryl/α,β-unsaturated/α-hetero) is 1. The van der Waals surface area contributed by atoms with E-state index in [2.05, 4.69) is 62.4 Å². The van der Waals surface area contributed by atoms with Crippen molar-refractivity contribution in [2.75, 3.05) is 0 Å². The highest BCUT2D eigenvalue weighted by atomic mass is 16.1. The number of fused-ring (bicyclic) bond motifs is 3. The van der Waals surface area contributed by atoms with E-state index in [0.29, 0.717) is 12.2 Å². The van der Waals surface area contributed by atoms with Crippen LogP contribution >= 0.6 is 0 Å². The molecule has 0 bridgehead atoms. The average molecular weight is 278 g/mol. The third kappa shape index (κ3) is 1.95. The van der Waals surface area contributed by atoms with E-state index in [1.54, 1.807) is 0 Å². The Balaban J connectivity index is 2.30. The molecule has 0 saturated heterocycles. The van der Waals surface area contributed by atoms with E-state index >= 15 is 0 Å². The van der Waals surface area contributed by atoms with Crippen LogP contribution in [-0.2, 0) is 10.2 Å². The Labute approximate surface area is 127 Å². The van der Waals surface area contributed by atoms with Crippen LogP contribution in [0.25, 0.3) is 11.1 Å². The van der Waals surface area contributed by atoms with Crippen molar-refractivity contribution in [1.82, 2.24) is 0 Å². The molecule has 21 heavy (non-hydrogen) atoms. The maximum Gasteiger partial charge on any atom is 0.147 e. The second kappa shape index (κ2) is 5.48. The van der Waals surface area contributed by atoms with E-state index in [1.165, 1.54) is 22.3 Å². The Kier molecular flexibility index (Phi) is 3.67. The van der Waals surface area contributed by atoms with Crippen molar-refractivity contribution in [2.24, 2.45) is 0 Å². The Morgan fingerprint density at radius 3 is 1.86 bits per heavy atom. The highest BCUT2D eigenvalue weighted by Crippen LogP contribution is 2.52. The van der Waals surface area contributed by atoms with E-state index in [-0.39, 0.29) is 0 Å². The molecule has 0 aromatic heterocycles. The van der Waals surface area contributed by atoms with Crippen LogP contribution in [0.3, 0.4) is 0 Å². The quantitative estimate of drug-likeness (QED) is 0.741. The normalized spacial score (nSPS) is 14.6. The molecular formula is C20H22O. The van der Waals surface area contributed by atoms with Gasteiger partial charge in [-0.2, -0.15) is 0 Å². The summed E-state index contributed by atoms with van der Waals surface area (Å²) in [5, 5.41) is 0. The van der Waals surface area contributed by atoms with Gasteiger partial charge in [0.15, 0.2) is 0 Å². The van der Waals surface area contributed by atoms with Crippen molar-refractivity contribution in [3.8, 4) is 11.1 Å². The minimum Gasteiger partial charge on any atom is -0.298 e. The molecule has 1 heteroatoms. The molecule has 2 aromatic carbocycles. The van der Waals surface area contributed by atoms with Gasteiger partial charge in [0.1, 0.15) is 5.78 Å². The van der Waals surface area contributed by atoms with E-state index in [1.807, 2.05) is 0 Å². The summed E-state index contributed by atoms with van der Waals surface area (Å²) in [5.41, 5.74) is 4.49. The molecule has 0 unspecified atom stereocenters. The van der Waals surface area contributed by atoms with Gasteiger partial charge in [0.2, 0.25) is 0 Å². The zero-order valence-electron chi connectivity index (χ0n) is 12.9. The molecule has 0 N–H and O–H groups in total. The van der Waals surface area contributed by atoms with Crippen LogP contribution in [0, 0.1) is 0 Å². The lowest BCUT2D eigenvalue weighted by Gasteiger charge is -2.30. The first kappa shape index (κ1) is 14.1. The molecule has 1 nitrogen and oxygen atoms in total. The fourth-order valence-corrected chi connectivity index (χ4v) is 3.85. The van der Waals surface area contributed by atoms with Crippen LogP contribution in [0.5, 0.6) is 0 Å². The Morgan fingerprint density at radius 2 is 1.38 bits per heavy atom. The summed E-state index contributed by atoms with van der Waals surface area (Å²) in [6.07, 6.45) is 3.48. The molecule has 0 aliphatic heterocycles. The monoisotopic (exact) mass is 278 g/mol. The summed E-state index contributed by atoms with van der Waals surface area (Å²) in [7, 11) is 0. The largest absolute Gasteiger partial charge is 0.298 e. The fraction of sp³-hybridized carbons (Fsp3) is 0.350. The second-order valence-corrected chi connectivity index (χ2v) is 5.92.